The fourth-order valence-corrected chi connectivity index (χ4v) is 8.18. The highest BCUT2D eigenvalue weighted by Gasteiger charge is 2.71. The molecule has 1 aromatic rings. The standard InChI is InChI=1S/C37H46O11/c1-20-28(48-30(42)16-15-26-13-11-10-12-14-26)17-18-36(9)31(20)32(45-23(4)39)27-19-29(44-22(3)38)21(2)37(43,35(27,7)8)34(47-25(6)41)33(36)46-24(5)40/h10-16,27-28,31-34,43H,1,17-19H2,2-9H3/b16-15-/t27-,28-,31-,32+,33-,34-,36+,37-/m0/s1. The third-order valence-corrected chi connectivity index (χ3v) is 10.5. The molecule has 0 aromatic heterocycles. The molecule has 0 saturated heterocycles. The number of aliphatic hydroxyl groups is 1. The molecule has 11 heteroatoms. The summed E-state index contributed by atoms with van der Waals surface area (Å²) in [6.07, 6.45) is -1.19. The van der Waals surface area contributed by atoms with Crippen molar-refractivity contribution in [3.8, 4) is 0 Å². The van der Waals surface area contributed by atoms with E-state index in [-0.39, 0.29) is 30.6 Å². The summed E-state index contributed by atoms with van der Waals surface area (Å²) in [5.74, 6) is -4.81. The predicted molar refractivity (Wildman–Crippen MR) is 173 cm³/mol. The molecule has 4 rings (SSSR count). The normalized spacial score (nSPS) is 32.6. The van der Waals surface area contributed by atoms with Gasteiger partial charge in [-0.15, -0.1) is 0 Å². The van der Waals surface area contributed by atoms with Crippen molar-refractivity contribution in [2.24, 2.45) is 22.7 Å². The van der Waals surface area contributed by atoms with Gasteiger partial charge in [0, 0.05) is 68.4 Å². The zero-order chi connectivity index (χ0) is 35.8. The number of fused-ring (bicyclic) bond motifs is 3. The van der Waals surface area contributed by atoms with Gasteiger partial charge in [0.25, 0.3) is 0 Å². The second-order valence-corrected chi connectivity index (χ2v) is 13.8. The number of benzene rings is 1. The molecule has 0 unspecified atom stereocenters. The summed E-state index contributed by atoms with van der Waals surface area (Å²) in [6.45, 7) is 16.1. The molecule has 11 nitrogen and oxygen atoms in total. The lowest BCUT2D eigenvalue weighted by atomic mass is 9.46. The maximum absolute atomic E-state index is 13.1. The van der Waals surface area contributed by atoms with Crippen LogP contribution in [-0.4, -0.2) is 65.0 Å². The second-order valence-electron chi connectivity index (χ2n) is 13.8. The van der Waals surface area contributed by atoms with Crippen LogP contribution in [0.4, 0.5) is 0 Å². The number of carbonyl (C=O) groups excluding carboxylic acids is 5. The van der Waals surface area contributed by atoms with Crippen LogP contribution in [0.5, 0.6) is 0 Å². The minimum atomic E-state index is -2.08. The Morgan fingerprint density at radius 1 is 0.854 bits per heavy atom. The van der Waals surface area contributed by atoms with Crippen molar-refractivity contribution in [2.45, 2.75) is 105 Å². The quantitative estimate of drug-likeness (QED) is 0.181. The van der Waals surface area contributed by atoms with E-state index in [1.54, 1.807) is 33.8 Å². The van der Waals surface area contributed by atoms with Crippen molar-refractivity contribution in [3.05, 3.63) is 65.5 Å². The van der Waals surface area contributed by atoms with Gasteiger partial charge in [-0.1, -0.05) is 57.7 Å². The summed E-state index contributed by atoms with van der Waals surface area (Å²) in [6, 6.07) is 9.24. The SMILES string of the molecule is C=C1[C@@H](OC(=O)/C=C\c2ccccc2)CC[C@@]2(C)[C@@H](OC(C)=O)[C@H](OC(C)=O)[C@@]3(O)C(C)=C(OC(C)=O)C[C@@H]([C@@H](OC(C)=O)[C@H]12)C3(C)C. The number of allylic oxidation sites excluding steroid dienone is 1. The van der Waals surface area contributed by atoms with E-state index in [1.807, 2.05) is 30.3 Å². The van der Waals surface area contributed by atoms with Gasteiger partial charge in [0.15, 0.2) is 6.10 Å². The van der Waals surface area contributed by atoms with Crippen molar-refractivity contribution in [1.29, 1.82) is 0 Å². The molecule has 2 bridgehead atoms. The van der Waals surface area contributed by atoms with Crippen LogP contribution >= 0.6 is 0 Å². The van der Waals surface area contributed by atoms with Crippen LogP contribution < -0.4 is 0 Å². The predicted octanol–water partition coefficient (Wildman–Crippen LogP) is 5.01. The fraction of sp³-hybridized carbons (Fsp3) is 0.541. The van der Waals surface area contributed by atoms with Crippen LogP contribution in [0.3, 0.4) is 0 Å². The average molecular weight is 667 g/mol. The molecule has 3 aliphatic rings. The molecule has 2 saturated carbocycles. The summed E-state index contributed by atoms with van der Waals surface area (Å²) in [4.78, 5) is 63.8. The first-order valence-corrected chi connectivity index (χ1v) is 16.1. The van der Waals surface area contributed by atoms with Crippen molar-refractivity contribution >= 4 is 35.9 Å². The molecule has 8 atom stereocenters. The summed E-state index contributed by atoms with van der Waals surface area (Å²) >= 11 is 0. The molecule has 48 heavy (non-hydrogen) atoms. The smallest absolute Gasteiger partial charge is 0.331 e. The Kier molecular flexibility index (Phi) is 10.4. The van der Waals surface area contributed by atoms with Crippen LogP contribution in [0.2, 0.25) is 0 Å². The lowest BCUT2D eigenvalue weighted by Gasteiger charge is -2.63. The first-order valence-electron chi connectivity index (χ1n) is 16.1. The lowest BCUT2D eigenvalue weighted by molar-refractivity contribution is -0.263. The average Bonchev–Trinajstić information content (AvgIpc) is 2.99. The summed E-state index contributed by atoms with van der Waals surface area (Å²) in [5.41, 5.74) is -3.09. The minimum absolute atomic E-state index is 0.0633. The molecular weight excluding hydrogens is 620 g/mol. The Bertz CT molecular complexity index is 1540. The number of carbonyl (C=O) groups is 5. The molecule has 0 radical (unpaired) electrons. The largest absolute Gasteiger partial charge is 0.462 e. The van der Waals surface area contributed by atoms with Crippen LogP contribution in [0.15, 0.2) is 59.9 Å². The highest BCUT2D eigenvalue weighted by atomic mass is 16.6. The second kappa shape index (κ2) is 13.7. The van der Waals surface area contributed by atoms with Gasteiger partial charge in [-0.25, -0.2) is 4.79 Å². The van der Waals surface area contributed by atoms with Crippen molar-refractivity contribution in [1.82, 2.24) is 0 Å². The number of hydrogen-bond donors (Lipinski definition) is 1. The highest BCUT2D eigenvalue weighted by Crippen LogP contribution is 2.63. The van der Waals surface area contributed by atoms with Crippen molar-refractivity contribution < 1.29 is 52.8 Å². The van der Waals surface area contributed by atoms with Gasteiger partial charge in [-0.3, -0.25) is 19.2 Å². The summed E-state index contributed by atoms with van der Waals surface area (Å²) < 4.78 is 29.7. The van der Waals surface area contributed by atoms with Gasteiger partial charge in [0.2, 0.25) is 0 Å². The van der Waals surface area contributed by atoms with Gasteiger partial charge in [0.1, 0.15) is 29.7 Å². The van der Waals surface area contributed by atoms with Crippen LogP contribution in [0.1, 0.15) is 80.2 Å². The fourth-order valence-electron chi connectivity index (χ4n) is 8.18. The lowest BCUT2D eigenvalue weighted by Crippen LogP contribution is -2.73. The molecule has 1 aromatic carbocycles. The van der Waals surface area contributed by atoms with Gasteiger partial charge in [0.05, 0.1) is 0 Å². The van der Waals surface area contributed by atoms with E-state index >= 15 is 0 Å². The first kappa shape index (κ1) is 36.6. The van der Waals surface area contributed by atoms with E-state index in [9.17, 15) is 29.1 Å². The van der Waals surface area contributed by atoms with Crippen molar-refractivity contribution in [2.75, 3.05) is 0 Å². The van der Waals surface area contributed by atoms with E-state index in [4.69, 9.17) is 23.7 Å². The monoisotopic (exact) mass is 666 g/mol. The maximum atomic E-state index is 13.1. The van der Waals surface area contributed by atoms with Crippen molar-refractivity contribution in [3.63, 3.8) is 0 Å². The van der Waals surface area contributed by atoms with E-state index in [0.29, 0.717) is 5.57 Å². The molecule has 0 aliphatic heterocycles. The Labute approximate surface area is 281 Å². The molecule has 0 spiro atoms. The molecule has 1 N–H and O–H groups in total. The zero-order valence-electron chi connectivity index (χ0n) is 28.9. The van der Waals surface area contributed by atoms with E-state index in [1.165, 1.54) is 33.8 Å². The molecule has 260 valence electrons. The van der Waals surface area contributed by atoms with Gasteiger partial charge in [-0.05, 0) is 37.0 Å². The number of hydrogen-bond acceptors (Lipinski definition) is 11. The van der Waals surface area contributed by atoms with Crippen LogP contribution in [0.25, 0.3) is 6.08 Å². The Morgan fingerprint density at radius 3 is 2.00 bits per heavy atom. The topological polar surface area (TPSA) is 152 Å². The highest BCUT2D eigenvalue weighted by molar-refractivity contribution is 5.87. The number of ether oxygens (including phenoxy) is 5. The van der Waals surface area contributed by atoms with Crippen LogP contribution in [-0.2, 0) is 47.7 Å². The van der Waals surface area contributed by atoms with Gasteiger partial charge < -0.3 is 28.8 Å². The number of esters is 5. The van der Waals surface area contributed by atoms with Gasteiger partial charge >= 0.3 is 29.8 Å². The molecule has 0 heterocycles. The van der Waals surface area contributed by atoms with E-state index in [0.717, 1.165) is 5.56 Å². The molecule has 0 amide bonds. The molecule has 2 fully saturated rings. The molecular formula is C37H46O11. The van der Waals surface area contributed by atoms with E-state index < -0.39 is 82.5 Å². The molecule has 3 aliphatic carbocycles. The maximum Gasteiger partial charge on any atom is 0.331 e. The Balaban J connectivity index is 1.94. The van der Waals surface area contributed by atoms with Gasteiger partial charge in [-0.2, -0.15) is 0 Å². The minimum Gasteiger partial charge on any atom is -0.462 e. The van der Waals surface area contributed by atoms with E-state index in [2.05, 4.69) is 6.58 Å². The van der Waals surface area contributed by atoms with Crippen LogP contribution in [0, 0.1) is 22.7 Å². The third kappa shape index (κ3) is 6.70. The first-order chi connectivity index (χ1) is 22.3. The third-order valence-electron chi connectivity index (χ3n) is 10.5. The number of rotatable bonds is 7. The summed E-state index contributed by atoms with van der Waals surface area (Å²) in [5, 5.41) is 13.0. The zero-order valence-corrected chi connectivity index (χ0v) is 28.9. The summed E-state index contributed by atoms with van der Waals surface area (Å²) in [7, 11) is 0. The Morgan fingerprint density at radius 2 is 1.44 bits per heavy atom. The Hall–Kier alpha value is -4.25.